The van der Waals surface area contributed by atoms with E-state index >= 15 is 0 Å². The van der Waals surface area contributed by atoms with Crippen LogP contribution in [-0.4, -0.2) is 10.2 Å². The highest BCUT2D eigenvalue weighted by Gasteiger charge is 2.26. The third kappa shape index (κ3) is 4.06. The van der Waals surface area contributed by atoms with Crippen LogP contribution in [0.5, 0.6) is 11.5 Å². The zero-order valence-corrected chi connectivity index (χ0v) is 17.7. The highest BCUT2D eigenvalue weighted by molar-refractivity contribution is 5.73. The molecule has 0 aliphatic heterocycles. The SMILES string of the molecule is CC(C)(C)c1cc(-c2ccc(-c3ccc(O)cc3)cc2)cc(C(C)(C)C)c1O. The van der Waals surface area contributed by atoms with Gasteiger partial charge in [0.1, 0.15) is 11.5 Å². The number of rotatable bonds is 2. The molecule has 0 heterocycles. The summed E-state index contributed by atoms with van der Waals surface area (Å²) in [5.41, 5.74) is 6.06. The molecule has 0 aromatic heterocycles. The fourth-order valence-electron chi connectivity index (χ4n) is 3.45. The normalized spacial score (nSPS) is 12.2. The average Bonchev–Trinajstić information content (AvgIpc) is 2.61. The second kappa shape index (κ2) is 7.01. The van der Waals surface area contributed by atoms with Gasteiger partial charge in [-0.1, -0.05) is 77.9 Å². The molecule has 0 aliphatic rings. The minimum atomic E-state index is -0.147. The van der Waals surface area contributed by atoms with Crippen LogP contribution in [-0.2, 0) is 10.8 Å². The first-order valence-electron chi connectivity index (χ1n) is 9.74. The summed E-state index contributed by atoms with van der Waals surface area (Å²) in [6.45, 7) is 12.8. The molecule has 0 radical (unpaired) electrons. The van der Waals surface area contributed by atoms with E-state index in [2.05, 4.69) is 77.9 Å². The maximum atomic E-state index is 10.9. The smallest absolute Gasteiger partial charge is 0.123 e. The minimum absolute atomic E-state index is 0.147. The van der Waals surface area contributed by atoms with Gasteiger partial charge in [-0.05, 0) is 57.3 Å². The predicted octanol–water partition coefficient (Wildman–Crippen LogP) is 7.03. The van der Waals surface area contributed by atoms with Crippen molar-refractivity contribution >= 4 is 0 Å². The largest absolute Gasteiger partial charge is 0.508 e. The van der Waals surface area contributed by atoms with Crippen LogP contribution in [0.15, 0.2) is 60.7 Å². The third-order valence-corrected chi connectivity index (χ3v) is 5.14. The number of hydrogen-bond acceptors (Lipinski definition) is 2. The van der Waals surface area contributed by atoms with E-state index in [9.17, 15) is 10.2 Å². The molecule has 0 amide bonds. The first-order valence-corrected chi connectivity index (χ1v) is 9.74. The lowest BCUT2D eigenvalue weighted by atomic mass is 9.77. The lowest BCUT2D eigenvalue weighted by Crippen LogP contribution is -2.17. The molecule has 0 spiro atoms. The highest BCUT2D eigenvalue weighted by atomic mass is 16.3. The second-order valence-electron chi connectivity index (χ2n) is 9.54. The molecule has 0 saturated heterocycles. The zero-order chi connectivity index (χ0) is 20.7. The Labute approximate surface area is 168 Å². The molecule has 0 fully saturated rings. The number of phenolic OH excluding ortho intramolecular Hbond substituents is 2. The topological polar surface area (TPSA) is 40.5 Å². The molecular weight excluding hydrogens is 344 g/mol. The van der Waals surface area contributed by atoms with Crippen molar-refractivity contribution in [2.75, 3.05) is 0 Å². The Morgan fingerprint density at radius 1 is 0.500 bits per heavy atom. The maximum absolute atomic E-state index is 10.9. The van der Waals surface area contributed by atoms with Crippen LogP contribution in [0.25, 0.3) is 22.3 Å². The number of phenols is 2. The van der Waals surface area contributed by atoms with Gasteiger partial charge in [-0.25, -0.2) is 0 Å². The van der Waals surface area contributed by atoms with Gasteiger partial charge in [0.05, 0.1) is 0 Å². The van der Waals surface area contributed by atoms with Crippen molar-refractivity contribution in [1.82, 2.24) is 0 Å². The summed E-state index contributed by atoms with van der Waals surface area (Å²) in [4.78, 5) is 0. The summed E-state index contributed by atoms with van der Waals surface area (Å²) in [7, 11) is 0. The average molecular weight is 375 g/mol. The minimum Gasteiger partial charge on any atom is -0.508 e. The van der Waals surface area contributed by atoms with Gasteiger partial charge in [-0.3, -0.25) is 0 Å². The van der Waals surface area contributed by atoms with Gasteiger partial charge in [-0.15, -0.1) is 0 Å². The molecule has 3 aromatic rings. The van der Waals surface area contributed by atoms with Crippen molar-refractivity contribution in [3.63, 3.8) is 0 Å². The molecule has 0 unspecified atom stereocenters. The second-order valence-corrected chi connectivity index (χ2v) is 9.54. The molecule has 3 aromatic carbocycles. The van der Waals surface area contributed by atoms with Crippen molar-refractivity contribution in [2.45, 2.75) is 52.4 Å². The first kappa shape index (κ1) is 20.0. The standard InChI is InChI=1S/C26H30O2/c1-25(2,3)22-15-20(16-23(24(22)28)26(4,5)6)19-9-7-17(8-10-19)18-11-13-21(27)14-12-18/h7-16,27-28H,1-6H3. The summed E-state index contributed by atoms with van der Waals surface area (Å²) >= 11 is 0. The number of aromatic hydroxyl groups is 2. The van der Waals surface area contributed by atoms with Crippen molar-refractivity contribution in [1.29, 1.82) is 0 Å². The Hall–Kier alpha value is -2.74. The molecule has 146 valence electrons. The lowest BCUT2D eigenvalue weighted by molar-refractivity contribution is 0.423. The molecule has 28 heavy (non-hydrogen) atoms. The fourth-order valence-corrected chi connectivity index (χ4v) is 3.45. The van der Waals surface area contributed by atoms with E-state index in [4.69, 9.17) is 0 Å². The zero-order valence-electron chi connectivity index (χ0n) is 17.7. The Balaban J connectivity index is 2.09. The van der Waals surface area contributed by atoms with Crippen molar-refractivity contribution in [3.8, 4) is 33.8 Å². The van der Waals surface area contributed by atoms with E-state index in [1.165, 1.54) is 0 Å². The predicted molar refractivity (Wildman–Crippen MR) is 118 cm³/mol. The van der Waals surface area contributed by atoms with Crippen LogP contribution in [0.1, 0.15) is 52.7 Å². The van der Waals surface area contributed by atoms with Crippen LogP contribution >= 0.6 is 0 Å². The Morgan fingerprint density at radius 3 is 1.18 bits per heavy atom. The van der Waals surface area contributed by atoms with E-state index < -0.39 is 0 Å². The first-order chi connectivity index (χ1) is 13.0. The summed E-state index contributed by atoms with van der Waals surface area (Å²) in [5.74, 6) is 0.679. The van der Waals surface area contributed by atoms with Crippen molar-refractivity contribution in [3.05, 3.63) is 71.8 Å². The molecule has 3 rings (SSSR count). The summed E-state index contributed by atoms with van der Waals surface area (Å²) in [5, 5.41) is 20.4. The fraction of sp³-hybridized carbons (Fsp3) is 0.308. The van der Waals surface area contributed by atoms with Crippen LogP contribution in [0.3, 0.4) is 0 Å². The number of benzene rings is 3. The monoisotopic (exact) mass is 374 g/mol. The van der Waals surface area contributed by atoms with Crippen LogP contribution < -0.4 is 0 Å². The molecule has 2 N–H and O–H groups in total. The molecule has 0 saturated carbocycles. The van der Waals surface area contributed by atoms with E-state index in [1.54, 1.807) is 12.1 Å². The van der Waals surface area contributed by atoms with Crippen LogP contribution in [0.4, 0.5) is 0 Å². The molecule has 0 atom stereocenters. The number of hydrogen-bond donors (Lipinski definition) is 2. The van der Waals surface area contributed by atoms with Gasteiger partial charge in [0.25, 0.3) is 0 Å². The lowest BCUT2D eigenvalue weighted by Gasteiger charge is -2.28. The quantitative estimate of drug-likeness (QED) is 0.505. The van der Waals surface area contributed by atoms with E-state index in [0.717, 1.165) is 33.4 Å². The van der Waals surface area contributed by atoms with E-state index in [0.29, 0.717) is 5.75 Å². The van der Waals surface area contributed by atoms with Gasteiger partial charge < -0.3 is 10.2 Å². The summed E-state index contributed by atoms with van der Waals surface area (Å²) < 4.78 is 0. The van der Waals surface area contributed by atoms with Gasteiger partial charge in [0, 0.05) is 11.1 Å². The van der Waals surface area contributed by atoms with E-state index in [-0.39, 0.29) is 16.6 Å². The Kier molecular flexibility index (Phi) is 5.01. The van der Waals surface area contributed by atoms with Gasteiger partial charge in [-0.2, -0.15) is 0 Å². The van der Waals surface area contributed by atoms with Crippen LogP contribution in [0, 0.1) is 0 Å². The molecule has 2 nitrogen and oxygen atoms in total. The van der Waals surface area contributed by atoms with Gasteiger partial charge in [0.2, 0.25) is 0 Å². The van der Waals surface area contributed by atoms with Crippen LogP contribution in [0.2, 0.25) is 0 Å². The molecule has 0 bridgehead atoms. The summed E-state index contributed by atoms with van der Waals surface area (Å²) in [6.07, 6.45) is 0. The van der Waals surface area contributed by atoms with Crippen molar-refractivity contribution in [2.24, 2.45) is 0 Å². The van der Waals surface area contributed by atoms with Crippen molar-refractivity contribution < 1.29 is 10.2 Å². The maximum Gasteiger partial charge on any atom is 0.123 e. The molecule has 0 aliphatic carbocycles. The van der Waals surface area contributed by atoms with E-state index in [1.807, 2.05) is 12.1 Å². The Morgan fingerprint density at radius 2 is 0.821 bits per heavy atom. The van der Waals surface area contributed by atoms with Gasteiger partial charge >= 0.3 is 0 Å². The molecule has 2 heteroatoms. The third-order valence-electron chi connectivity index (χ3n) is 5.14. The molecular formula is C26H30O2. The highest BCUT2D eigenvalue weighted by Crippen LogP contribution is 2.42. The summed E-state index contributed by atoms with van der Waals surface area (Å²) in [6, 6.07) is 19.9. The van der Waals surface area contributed by atoms with Gasteiger partial charge in [0.15, 0.2) is 0 Å². The Bertz CT molecular complexity index is 932.